The van der Waals surface area contributed by atoms with E-state index in [0.29, 0.717) is 68.2 Å². The van der Waals surface area contributed by atoms with Crippen LogP contribution < -0.4 is 10.9 Å². The first-order valence-corrected chi connectivity index (χ1v) is 14.7. The first kappa shape index (κ1) is 28.4. The molecule has 1 aliphatic heterocycles. The lowest BCUT2D eigenvalue weighted by atomic mass is 10.0. The minimum atomic E-state index is -0.225. The summed E-state index contributed by atoms with van der Waals surface area (Å²) >= 11 is 9.63. The standard InChI is InChI=1S/C32H24BrClN6O3/c1-36-29(41)21-6-9-24(10-7-21)39-30-23(14-19-2-4-20(16-35)5-3-19)17-37-40(30)28-18-38(13-12-25(28)32(39)43)31(42)22-8-11-26(33)27(34)15-22/h2-11,15,17H,12-14,18H2,1H3,(H,36,41). The molecule has 0 bridgehead atoms. The van der Waals surface area contributed by atoms with Crippen molar-refractivity contribution in [3.63, 3.8) is 0 Å². The van der Waals surface area contributed by atoms with Gasteiger partial charge in [-0.3, -0.25) is 19.0 Å². The van der Waals surface area contributed by atoms with Crippen molar-refractivity contribution in [3.05, 3.63) is 132 Å². The highest BCUT2D eigenvalue weighted by Crippen LogP contribution is 2.27. The van der Waals surface area contributed by atoms with Gasteiger partial charge < -0.3 is 10.2 Å². The number of carbonyl (C=O) groups excluding carboxylic acids is 2. The van der Waals surface area contributed by atoms with Crippen LogP contribution in [0.15, 0.2) is 82.2 Å². The molecule has 11 heteroatoms. The van der Waals surface area contributed by atoms with Gasteiger partial charge >= 0.3 is 0 Å². The quantitative estimate of drug-likeness (QED) is 0.289. The second-order valence-electron chi connectivity index (χ2n) is 10.2. The van der Waals surface area contributed by atoms with Gasteiger partial charge in [-0.2, -0.15) is 10.4 Å². The lowest BCUT2D eigenvalue weighted by Gasteiger charge is -2.30. The molecule has 3 heterocycles. The van der Waals surface area contributed by atoms with Crippen molar-refractivity contribution in [2.24, 2.45) is 0 Å². The number of hydrogen-bond acceptors (Lipinski definition) is 5. The van der Waals surface area contributed by atoms with Crippen LogP contribution in [-0.2, 0) is 19.4 Å². The van der Waals surface area contributed by atoms with Crippen molar-refractivity contribution in [3.8, 4) is 11.8 Å². The maximum Gasteiger partial charge on any atom is 0.261 e. The summed E-state index contributed by atoms with van der Waals surface area (Å²) in [6.45, 7) is 0.553. The molecule has 214 valence electrons. The van der Waals surface area contributed by atoms with Crippen LogP contribution >= 0.6 is 27.5 Å². The number of aromatic nitrogens is 3. The molecule has 2 amide bonds. The number of amides is 2. The van der Waals surface area contributed by atoms with Gasteiger partial charge in [0, 0.05) is 46.7 Å². The number of carbonyl (C=O) groups is 2. The summed E-state index contributed by atoms with van der Waals surface area (Å²) < 4.78 is 4.08. The first-order valence-electron chi connectivity index (χ1n) is 13.5. The summed E-state index contributed by atoms with van der Waals surface area (Å²) in [5.41, 5.74) is 5.42. The van der Waals surface area contributed by atoms with Gasteiger partial charge in [-0.1, -0.05) is 23.7 Å². The molecule has 0 atom stereocenters. The molecular weight excluding hydrogens is 632 g/mol. The number of halogens is 2. The van der Waals surface area contributed by atoms with Gasteiger partial charge in [-0.15, -0.1) is 0 Å². The van der Waals surface area contributed by atoms with E-state index < -0.39 is 0 Å². The fourth-order valence-corrected chi connectivity index (χ4v) is 5.81. The van der Waals surface area contributed by atoms with E-state index in [-0.39, 0.29) is 23.9 Å². The van der Waals surface area contributed by atoms with Crippen molar-refractivity contribution < 1.29 is 9.59 Å². The maximum absolute atomic E-state index is 14.2. The second-order valence-corrected chi connectivity index (χ2v) is 11.4. The molecule has 9 nitrogen and oxygen atoms in total. The molecule has 0 saturated carbocycles. The second kappa shape index (κ2) is 11.5. The molecule has 5 aromatic rings. The van der Waals surface area contributed by atoms with Gasteiger partial charge in [0.2, 0.25) is 0 Å². The third kappa shape index (κ3) is 5.22. The van der Waals surface area contributed by atoms with Gasteiger partial charge in [0.25, 0.3) is 17.4 Å². The smallest absolute Gasteiger partial charge is 0.261 e. The van der Waals surface area contributed by atoms with Crippen LogP contribution in [0.2, 0.25) is 5.02 Å². The Balaban J connectivity index is 1.48. The minimum absolute atomic E-state index is 0.188. The number of benzene rings is 3. The number of hydrogen-bond donors (Lipinski definition) is 1. The van der Waals surface area contributed by atoms with Crippen LogP contribution in [-0.4, -0.2) is 44.5 Å². The van der Waals surface area contributed by atoms with Crippen LogP contribution in [0.5, 0.6) is 0 Å². The topological polar surface area (TPSA) is 112 Å². The monoisotopic (exact) mass is 654 g/mol. The van der Waals surface area contributed by atoms with E-state index >= 15 is 0 Å². The number of nitrogens with one attached hydrogen (secondary N) is 1. The van der Waals surface area contributed by atoms with E-state index in [2.05, 4.69) is 27.3 Å². The highest BCUT2D eigenvalue weighted by molar-refractivity contribution is 9.10. The van der Waals surface area contributed by atoms with Crippen LogP contribution in [0.1, 0.15) is 48.7 Å². The van der Waals surface area contributed by atoms with Crippen molar-refractivity contribution in [2.45, 2.75) is 19.4 Å². The minimum Gasteiger partial charge on any atom is -0.355 e. The third-order valence-corrected chi connectivity index (χ3v) is 8.84. The van der Waals surface area contributed by atoms with E-state index in [9.17, 15) is 19.6 Å². The predicted molar refractivity (Wildman–Crippen MR) is 166 cm³/mol. The van der Waals surface area contributed by atoms with E-state index in [1.54, 1.807) is 81.8 Å². The summed E-state index contributed by atoms with van der Waals surface area (Å²) in [5, 5.41) is 17.0. The zero-order chi connectivity index (χ0) is 30.2. The molecule has 1 aliphatic rings. The van der Waals surface area contributed by atoms with Crippen molar-refractivity contribution in [2.75, 3.05) is 13.6 Å². The summed E-state index contributed by atoms with van der Waals surface area (Å²) in [7, 11) is 1.56. The molecule has 0 fully saturated rings. The van der Waals surface area contributed by atoms with E-state index in [1.165, 1.54) is 0 Å². The van der Waals surface area contributed by atoms with Gasteiger partial charge in [0.05, 0.1) is 40.8 Å². The number of nitriles is 1. The molecule has 0 aliphatic carbocycles. The first-order chi connectivity index (χ1) is 20.8. The van der Waals surface area contributed by atoms with Gasteiger partial charge in [0.15, 0.2) is 0 Å². The van der Waals surface area contributed by atoms with E-state index in [1.807, 2.05) is 12.1 Å². The Morgan fingerprint density at radius 2 is 1.79 bits per heavy atom. The fourth-order valence-electron chi connectivity index (χ4n) is 5.39. The molecule has 1 N–H and O–H groups in total. The summed E-state index contributed by atoms with van der Waals surface area (Å²) in [6.07, 6.45) is 2.54. The zero-order valence-electron chi connectivity index (χ0n) is 23.0. The third-order valence-electron chi connectivity index (χ3n) is 7.61. The Morgan fingerprint density at radius 3 is 2.47 bits per heavy atom. The molecule has 3 aromatic carbocycles. The van der Waals surface area contributed by atoms with Crippen molar-refractivity contribution in [1.82, 2.24) is 24.4 Å². The number of nitrogens with zero attached hydrogens (tertiary/aromatic N) is 5. The van der Waals surface area contributed by atoms with Crippen LogP contribution in [0.25, 0.3) is 11.3 Å². The Morgan fingerprint density at radius 1 is 1.07 bits per heavy atom. The molecule has 2 aromatic heterocycles. The lowest BCUT2D eigenvalue weighted by molar-refractivity contribution is 0.0729. The van der Waals surface area contributed by atoms with Gasteiger partial charge in [-0.25, -0.2) is 4.52 Å². The maximum atomic E-state index is 14.2. The summed E-state index contributed by atoms with van der Waals surface area (Å²) in [4.78, 5) is 41.5. The highest BCUT2D eigenvalue weighted by Gasteiger charge is 2.29. The van der Waals surface area contributed by atoms with E-state index in [4.69, 9.17) is 16.7 Å². The van der Waals surface area contributed by atoms with Crippen molar-refractivity contribution >= 4 is 45.0 Å². The molecule has 0 radical (unpaired) electrons. The fraction of sp³-hybridized carbons (Fsp3) is 0.156. The van der Waals surface area contributed by atoms with Crippen LogP contribution in [0.4, 0.5) is 0 Å². The van der Waals surface area contributed by atoms with Crippen LogP contribution in [0.3, 0.4) is 0 Å². The van der Waals surface area contributed by atoms with Gasteiger partial charge in [-0.05, 0) is 82.5 Å². The number of rotatable bonds is 5. The predicted octanol–water partition coefficient (Wildman–Crippen LogP) is 4.92. The molecule has 6 rings (SSSR count). The zero-order valence-corrected chi connectivity index (χ0v) is 25.3. The summed E-state index contributed by atoms with van der Waals surface area (Å²) in [5.74, 6) is -0.413. The molecule has 0 spiro atoms. The average Bonchev–Trinajstić information content (AvgIpc) is 3.45. The molecule has 43 heavy (non-hydrogen) atoms. The van der Waals surface area contributed by atoms with E-state index in [0.717, 1.165) is 11.1 Å². The Kier molecular flexibility index (Phi) is 7.61. The largest absolute Gasteiger partial charge is 0.355 e. The van der Waals surface area contributed by atoms with Crippen LogP contribution in [0, 0.1) is 11.3 Å². The average molecular weight is 656 g/mol. The normalized spacial score (nSPS) is 12.6. The number of fused-ring (bicyclic) bond motifs is 3. The summed E-state index contributed by atoms with van der Waals surface area (Å²) in [6, 6.07) is 21.3. The molecule has 0 unspecified atom stereocenters. The highest BCUT2D eigenvalue weighted by atomic mass is 79.9. The lowest BCUT2D eigenvalue weighted by Crippen LogP contribution is -2.41. The Labute approximate surface area is 260 Å². The SMILES string of the molecule is CNC(=O)c1ccc(-n2c(=O)c3c(n4ncc(Cc5ccc(C#N)cc5)c24)CN(C(=O)c2ccc(Br)c(Cl)c2)CC3)cc1. The Hall–Kier alpha value is -4.72. The molecule has 0 saturated heterocycles. The van der Waals surface area contributed by atoms with Gasteiger partial charge in [0.1, 0.15) is 5.65 Å². The Bertz CT molecular complexity index is 2010. The van der Waals surface area contributed by atoms with Crippen molar-refractivity contribution in [1.29, 1.82) is 5.26 Å². The molecular formula is C32H24BrClN6O3.